The lowest BCUT2D eigenvalue weighted by atomic mass is 9.84. The highest BCUT2D eigenvalue weighted by atomic mass is 35.5. The van der Waals surface area contributed by atoms with Crippen LogP contribution in [-0.4, -0.2) is 34.2 Å². The molecule has 0 radical (unpaired) electrons. The molecule has 7 aromatic rings. The van der Waals surface area contributed by atoms with E-state index in [-0.39, 0.29) is 17.7 Å². The van der Waals surface area contributed by atoms with E-state index in [2.05, 4.69) is 62.2 Å². The summed E-state index contributed by atoms with van der Waals surface area (Å²) < 4.78 is 0. The van der Waals surface area contributed by atoms with Gasteiger partial charge in [0.25, 0.3) is 11.8 Å². The van der Waals surface area contributed by atoms with Gasteiger partial charge in [-0.2, -0.15) is 10.2 Å². The maximum absolute atomic E-state index is 13.2. The number of nitrogens with zero attached hydrogens (tertiary/aromatic N) is 2. The van der Waals surface area contributed by atoms with Crippen molar-refractivity contribution in [3.8, 4) is 0 Å². The highest BCUT2D eigenvalue weighted by molar-refractivity contribution is 6.33. The van der Waals surface area contributed by atoms with Gasteiger partial charge < -0.3 is 9.97 Å². The van der Waals surface area contributed by atoms with Crippen molar-refractivity contribution in [1.29, 1.82) is 0 Å². The first-order valence-electron chi connectivity index (χ1n) is 15.8. The van der Waals surface area contributed by atoms with Crippen LogP contribution in [0.4, 0.5) is 0 Å². The number of benzene rings is 5. The van der Waals surface area contributed by atoms with Crippen molar-refractivity contribution >= 4 is 69.3 Å². The number of aryl methyl sites for hydroxylation is 1. The normalized spacial score (nSPS) is 11.7. The molecule has 0 atom stereocenters. The number of hydrazone groups is 2. The van der Waals surface area contributed by atoms with Crippen LogP contribution in [0, 0.1) is 6.92 Å². The number of rotatable bonds is 9. The van der Waals surface area contributed by atoms with Crippen LogP contribution in [0.15, 0.2) is 132 Å². The molecule has 0 aliphatic heterocycles. The minimum Gasteiger partial charge on any atom is -0.361 e. The maximum Gasteiger partial charge on any atom is 0.271 e. The Morgan fingerprint density at radius 3 is 1.56 bits per heavy atom. The number of nitrogens with one attached hydrogen (secondary N) is 4. The van der Waals surface area contributed by atoms with Crippen LogP contribution in [0.3, 0.4) is 0 Å². The minimum absolute atomic E-state index is 0.244. The smallest absolute Gasteiger partial charge is 0.271 e. The fourth-order valence-corrected chi connectivity index (χ4v) is 6.31. The van der Waals surface area contributed by atoms with Crippen LogP contribution in [0.1, 0.15) is 60.0 Å². The summed E-state index contributed by atoms with van der Waals surface area (Å²) in [5.74, 6) is -0.949. The zero-order valence-electron chi connectivity index (χ0n) is 26.7. The van der Waals surface area contributed by atoms with Crippen LogP contribution in [0.2, 0.25) is 10.0 Å². The Hall–Kier alpha value is -5.96. The van der Waals surface area contributed by atoms with E-state index in [4.69, 9.17) is 23.2 Å². The molecule has 2 aromatic heterocycles. The molecule has 0 aliphatic carbocycles. The maximum atomic E-state index is 13.2. The molecule has 4 N–H and O–H groups in total. The molecule has 5 aromatic carbocycles. The molecule has 2 heterocycles. The molecule has 8 nitrogen and oxygen atoms in total. The zero-order valence-corrected chi connectivity index (χ0v) is 28.3. The second-order valence-electron chi connectivity index (χ2n) is 11.8. The Morgan fingerprint density at radius 2 is 1.10 bits per heavy atom. The van der Waals surface area contributed by atoms with Gasteiger partial charge in [-0.15, -0.1) is 0 Å². The first kappa shape index (κ1) is 32.6. The predicted octanol–water partition coefficient (Wildman–Crippen LogP) is 8.97. The number of H-pyrrole nitrogens is 2. The fourth-order valence-electron chi connectivity index (χ4n) is 5.94. The zero-order chi connectivity index (χ0) is 34.6. The van der Waals surface area contributed by atoms with Gasteiger partial charge in [-0.25, -0.2) is 10.9 Å². The van der Waals surface area contributed by atoms with E-state index in [1.165, 1.54) is 12.4 Å². The van der Waals surface area contributed by atoms with E-state index >= 15 is 0 Å². The van der Waals surface area contributed by atoms with E-state index in [9.17, 15) is 9.59 Å². The molecule has 0 spiro atoms. The summed E-state index contributed by atoms with van der Waals surface area (Å²) in [4.78, 5) is 33.2. The molecule has 0 fully saturated rings. The van der Waals surface area contributed by atoms with Crippen LogP contribution >= 0.6 is 23.2 Å². The molecular formula is C40H30Cl2N6O2. The number of hydrogen-bond donors (Lipinski definition) is 4. The number of halogens is 2. The molecule has 10 heteroatoms. The summed E-state index contributed by atoms with van der Waals surface area (Å²) in [7, 11) is 0. The summed E-state index contributed by atoms with van der Waals surface area (Å²) in [6.07, 6.45) is 6.99. The molecule has 0 unspecified atom stereocenters. The van der Waals surface area contributed by atoms with Gasteiger partial charge >= 0.3 is 0 Å². The Morgan fingerprint density at radius 1 is 0.640 bits per heavy atom. The van der Waals surface area contributed by atoms with Gasteiger partial charge in [-0.1, -0.05) is 89.4 Å². The van der Waals surface area contributed by atoms with E-state index < -0.39 is 0 Å². The number of carbonyl (C=O) groups is 2. The van der Waals surface area contributed by atoms with Crippen molar-refractivity contribution in [3.63, 3.8) is 0 Å². The Bertz CT molecular complexity index is 2280. The molecule has 0 bridgehead atoms. The van der Waals surface area contributed by atoms with Gasteiger partial charge in [0.05, 0.1) is 12.4 Å². The first-order valence-corrected chi connectivity index (χ1v) is 16.6. The topological polar surface area (TPSA) is 114 Å². The van der Waals surface area contributed by atoms with Crippen LogP contribution in [-0.2, 0) is 0 Å². The van der Waals surface area contributed by atoms with Crippen LogP contribution in [0.5, 0.6) is 0 Å². The highest BCUT2D eigenvalue weighted by Crippen LogP contribution is 2.40. The first-order chi connectivity index (χ1) is 24.4. The molecule has 246 valence electrons. The second kappa shape index (κ2) is 14.3. The lowest BCUT2D eigenvalue weighted by molar-refractivity contribution is 0.0947. The average Bonchev–Trinajstić information content (AvgIpc) is 3.75. The molecular weight excluding hydrogens is 667 g/mol. The fraction of sp³-hybridized carbons (Fsp3) is 0.0500. The quantitative estimate of drug-likeness (QED) is 0.0891. The average molecular weight is 698 g/mol. The molecule has 0 aliphatic rings. The van der Waals surface area contributed by atoms with Crippen molar-refractivity contribution < 1.29 is 9.59 Å². The van der Waals surface area contributed by atoms with Gasteiger partial charge in [0, 0.05) is 72.4 Å². The monoisotopic (exact) mass is 696 g/mol. The van der Waals surface area contributed by atoms with Crippen molar-refractivity contribution in [2.24, 2.45) is 10.2 Å². The third-order valence-electron chi connectivity index (χ3n) is 8.53. The predicted molar refractivity (Wildman–Crippen MR) is 202 cm³/mol. The summed E-state index contributed by atoms with van der Waals surface area (Å²) in [6, 6.07) is 33.9. The molecule has 7 rings (SSSR count). The van der Waals surface area contributed by atoms with E-state index in [0.717, 1.165) is 44.1 Å². The molecule has 0 saturated heterocycles. The summed E-state index contributed by atoms with van der Waals surface area (Å²) in [5.41, 5.74) is 13.4. The lowest BCUT2D eigenvalue weighted by Gasteiger charge is -2.18. The Kier molecular flexibility index (Phi) is 9.29. The van der Waals surface area contributed by atoms with Crippen molar-refractivity contribution in [3.05, 3.63) is 176 Å². The van der Waals surface area contributed by atoms with Crippen LogP contribution in [0.25, 0.3) is 21.8 Å². The summed E-state index contributed by atoms with van der Waals surface area (Å²) in [6.45, 7) is 2.05. The molecule has 0 saturated carbocycles. The van der Waals surface area contributed by atoms with Gasteiger partial charge in [0.15, 0.2) is 0 Å². The third-order valence-corrected chi connectivity index (χ3v) is 9.22. The van der Waals surface area contributed by atoms with Gasteiger partial charge in [0.1, 0.15) is 0 Å². The van der Waals surface area contributed by atoms with E-state index in [1.54, 1.807) is 24.3 Å². The molecule has 50 heavy (non-hydrogen) atoms. The number of aromatic nitrogens is 2. The third kappa shape index (κ3) is 6.80. The number of amides is 2. The van der Waals surface area contributed by atoms with Crippen molar-refractivity contribution in [2.75, 3.05) is 0 Å². The SMILES string of the molecule is Cc1ccc(C(c2c[nH]c3ccc(C(=O)N/N=C/c4ccccc4Cl)cc23)c2c[nH]c3ccc(C(=O)N/N=C/c4ccccc4Cl)cc23)cc1. The second-order valence-corrected chi connectivity index (χ2v) is 12.6. The highest BCUT2D eigenvalue weighted by Gasteiger charge is 2.24. The van der Waals surface area contributed by atoms with E-state index in [0.29, 0.717) is 32.3 Å². The number of carbonyl (C=O) groups excluding carboxylic acids is 2. The summed E-state index contributed by atoms with van der Waals surface area (Å²) >= 11 is 12.5. The van der Waals surface area contributed by atoms with Gasteiger partial charge in [-0.3, -0.25) is 9.59 Å². The Balaban J connectivity index is 1.23. The number of fused-ring (bicyclic) bond motifs is 2. The number of aromatic amines is 2. The lowest BCUT2D eigenvalue weighted by Crippen LogP contribution is -2.17. The number of hydrogen-bond acceptors (Lipinski definition) is 4. The Labute approximate surface area is 297 Å². The van der Waals surface area contributed by atoms with E-state index in [1.807, 2.05) is 73.1 Å². The summed E-state index contributed by atoms with van der Waals surface area (Å²) in [5, 5.41) is 11.1. The standard InChI is InChI=1S/C40H30Cl2N6O2/c1-24-10-12-25(13-11-24)38(32-22-43-36-16-14-26(18-30(32)36)39(49)47-45-20-28-6-2-4-8-34(28)41)33-23-44-37-17-15-27(19-31(33)37)40(50)48-46-21-29-7-3-5-9-35(29)42/h2-23,38,43-44H,1H3,(H,47,49)(H,48,50)/b45-20+,46-21+. The van der Waals surface area contributed by atoms with Gasteiger partial charge in [-0.05, 0) is 72.1 Å². The van der Waals surface area contributed by atoms with Crippen LogP contribution < -0.4 is 10.9 Å². The van der Waals surface area contributed by atoms with Crippen molar-refractivity contribution in [2.45, 2.75) is 12.8 Å². The minimum atomic E-state index is -0.353. The largest absolute Gasteiger partial charge is 0.361 e. The molecule has 2 amide bonds. The van der Waals surface area contributed by atoms with Crippen molar-refractivity contribution in [1.82, 2.24) is 20.8 Å². The van der Waals surface area contributed by atoms with Gasteiger partial charge in [0.2, 0.25) is 0 Å².